The monoisotopic (exact) mass is 312 g/mol. The Bertz CT molecular complexity index is 581. The van der Waals surface area contributed by atoms with Crippen molar-refractivity contribution < 1.29 is 9.47 Å². The first kappa shape index (κ1) is 13.9. The molecule has 0 saturated carbocycles. The molecule has 0 N–H and O–H groups in total. The van der Waals surface area contributed by atoms with Crippen molar-refractivity contribution in [3.63, 3.8) is 0 Å². The smallest absolute Gasteiger partial charge is 0.214 e. The highest BCUT2D eigenvalue weighted by atomic mass is 35.5. The molecule has 6 heteroatoms. The molecule has 106 valence electrons. The van der Waals surface area contributed by atoms with Gasteiger partial charge in [-0.3, -0.25) is 0 Å². The summed E-state index contributed by atoms with van der Waals surface area (Å²) in [6.45, 7) is 1.76. The maximum atomic E-state index is 6.32. The molecule has 1 saturated heterocycles. The number of halogens is 2. The van der Waals surface area contributed by atoms with Crippen molar-refractivity contribution in [2.45, 2.75) is 18.8 Å². The van der Waals surface area contributed by atoms with Gasteiger partial charge < -0.3 is 14.0 Å². The van der Waals surface area contributed by atoms with Crippen molar-refractivity contribution in [1.29, 1.82) is 0 Å². The van der Waals surface area contributed by atoms with Gasteiger partial charge in [0, 0.05) is 23.0 Å². The van der Waals surface area contributed by atoms with E-state index in [9.17, 15) is 0 Å². The normalized spacial score (nSPS) is 18.1. The van der Waals surface area contributed by atoms with E-state index in [1.807, 2.05) is 16.8 Å². The number of imidazole rings is 1. The van der Waals surface area contributed by atoms with Gasteiger partial charge in [-0.25, -0.2) is 4.98 Å². The zero-order valence-corrected chi connectivity index (χ0v) is 12.3. The molecule has 1 aromatic heterocycles. The first-order valence-corrected chi connectivity index (χ1v) is 7.14. The van der Waals surface area contributed by atoms with E-state index < -0.39 is 5.79 Å². The molecule has 0 unspecified atom stereocenters. The fourth-order valence-electron chi connectivity index (χ4n) is 2.33. The Kier molecular flexibility index (Phi) is 3.98. The van der Waals surface area contributed by atoms with Crippen molar-refractivity contribution in [2.75, 3.05) is 13.2 Å². The maximum absolute atomic E-state index is 6.32. The fraction of sp³-hybridized carbons (Fsp3) is 0.357. The van der Waals surface area contributed by atoms with Gasteiger partial charge in [0.05, 0.1) is 31.1 Å². The van der Waals surface area contributed by atoms with Crippen LogP contribution >= 0.6 is 23.2 Å². The van der Waals surface area contributed by atoms with Crippen LogP contribution in [0.2, 0.25) is 10.0 Å². The van der Waals surface area contributed by atoms with Gasteiger partial charge >= 0.3 is 0 Å². The molecule has 1 aliphatic heterocycles. The molecular formula is C14H14Cl2N2O2. The van der Waals surface area contributed by atoms with Gasteiger partial charge in [-0.15, -0.1) is 0 Å². The molecule has 0 bridgehead atoms. The van der Waals surface area contributed by atoms with Gasteiger partial charge in [-0.2, -0.15) is 0 Å². The topological polar surface area (TPSA) is 36.3 Å². The van der Waals surface area contributed by atoms with Crippen molar-refractivity contribution in [3.8, 4) is 0 Å². The summed E-state index contributed by atoms with van der Waals surface area (Å²) >= 11 is 12.3. The quantitative estimate of drug-likeness (QED) is 0.870. The van der Waals surface area contributed by atoms with Crippen LogP contribution in [0.25, 0.3) is 0 Å². The average Bonchev–Trinajstić information content (AvgIpc) is 2.92. The molecule has 20 heavy (non-hydrogen) atoms. The average molecular weight is 313 g/mol. The summed E-state index contributed by atoms with van der Waals surface area (Å²) in [4.78, 5) is 4.05. The Balaban J connectivity index is 2.00. The summed E-state index contributed by atoms with van der Waals surface area (Å²) < 4.78 is 13.8. The lowest BCUT2D eigenvalue weighted by Crippen LogP contribution is -2.41. The third kappa shape index (κ3) is 2.69. The van der Waals surface area contributed by atoms with Crippen molar-refractivity contribution in [1.82, 2.24) is 9.55 Å². The van der Waals surface area contributed by atoms with E-state index in [0.29, 0.717) is 29.8 Å². The van der Waals surface area contributed by atoms with Gasteiger partial charge in [0.15, 0.2) is 0 Å². The summed E-state index contributed by atoms with van der Waals surface area (Å²) in [6.07, 6.45) is 6.19. The van der Waals surface area contributed by atoms with Crippen LogP contribution in [0.1, 0.15) is 12.0 Å². The Hall–Kier alpha value is -1.07. The van der Waals surface area contributed by atoms with Crippen molar-refractivity contribution >= 4 is 23.2 Å². The number of nitrogens with zero attached hydrogens (tertiary/aromatic N) is 2. The SMILES string of the molecule is Clc1ccc(C2(Cn3ccnc3)OCCCO2)c(Cl)c1. The molecule has 0 radical (unpaired) electrons. The molecule has 0 atom stereocenters. The lowest BCUT2D eigenvalue weighted by atomic mass is 10.0. The predicted octanol–water partition coefficient (Wildman–Crippen LogP) is 3.48. The minimum Gasteiger partial charge on any atom is -0.344 e. The zero-order valence-electron chi connectivity index (χ0n) is 10.8. The number of hydrogen-bond acceptors (Lipinski definition) is 3. The highest BCUT2D eigenvalue weighted by Crippen LogP contribution is 2.37. The second-order valence-corrected chi connectivity index (χ2v) is 5.51. The maximum Gasteiger partial charge on any atom is 0.214 e. The molecule has 1 aromatic carbocycles. The molecule has 2 aromatic rings. The summed E-state index contributed by atoms with van der Waals surface area (Å²) in [5, 5.41) is 1.13. The van der Waals surface area contributed by atoms with Crippen LogP contribution in [-0.2, 0) is 21.8 Å². The molecule has 0 amide bonds. The zero-order chi connectivity index (χ0) is 14.0. The molecule has 4 nitrogen and oxygen atoms in total. The first-order valence-electron chi connectivity index (χ1n) is 6.39. The Morgan fingerprint density at radius 3 is 2.70 bits per heavy atom. The van der Waals surface area contributed by atoms with E-state index in [4.69, 9.17) is 32.7 Å². The third-order valence-electron chi connectivity index (χ3n) is 3.25. The molecule has 3 rings (SSSR count). The minimum absolute atomic E-state index is 0.494. The van der Waals surface area contributed by atoms with Gasteiger partial charge in [0.2, 0.25) is 5.79 Å². The second-order valence-electron chi connectivity index (χ2n) is 4.66. The fourth-order valence-corrected chi connectivity index (χ4v) is 2.88. The summed E-state index contributed by atoms with van der Waals surface area (Å²) in [5.41, 5.74) is 0.789. The highest BCUT2D eigenvalue weighted by Gasteiger charge is 2.39. The number of benzene rings is 1. The minimum atomic E-state index is -0.888. The van der Waals surface area contributed by atoms with Crippen LogP contribution in [0.15, 0.2) is 36.9 Å². The lowest BCUT2D eigenvalue weighted by molar-refractivity contribution is -0.283. The van der Waals surface area contributed by atoms with Crippen LogP contribution in [0.5, 0.6) is 0 Å². The van der Waals surface area contributed by atoms with Gasteiger partial charge in [0.1, 0.15) is 0 Å². The molecule has 1 aliphatic rings. The molecule has 2 heterocycles. The molecule has 0 aliphatic carbocycles. The van der Waals surface area contributed by atoms with E-state index in [2.05, 4.69) is 4.98 Å². The first-order chi connectivity index (χ1) is 9.70. The van der Waals surface area contributed by atoms with Crippen LogP contribution in [0.3, 0.4) is 0 Å². The Morgan fingerprint density at radius 1 is 1.25 bits per heavy atom. The van der Waals surface area contributed by atoms with Crippen molar-refractivity contribution in [2.24, 2.45) is 0 Å². The van der Waals surface area contributed by atoms with E-state index >= 15 is 0 Å². The number of hydrogen-bond donors (Lipinski definition) is 0. The van der Waals surface area contributed by atoms with E-state index in [0.717, 1.165) is 12.0 Å². The van der Waals surface area contributed by atoms with E-state index in [1.165, 1.54) is 0 Å². The standard InChI is InChI=1S/C14H14Cl2N2O2/c15-11-2-3-12(13(16)8-11)14(19-6-1-7-20-14)9-18-5-4-17-10-18/h2-5,8,10H,1,6-7,9H2. The number of aromatic nitrogens is 2. The lowest BCUT2D eigenvalue weighted by Gasteiger charge is -2.38. The Morgan fingerprint density at radius 2 is 2.05 bits per heavy atom. The second kappa shape index (κ2) is 5.74. The summed E-state index contributed by atoms with van der Waals surface area (Å²) in [7, 11) is 0. The van der Waals surface area contributed by atoms with Crippen LogP contribution < -0.4 is 0 Å². The van der Waals surface area contributed by atoms with Gasteiger partial charge in [-0.05, 0) is 18.6 Å². The third-order valence-corrected chi connectivity index (χ3v) is 3.80. The largest absolute Gasteiger partial charge is 0.344 e. The van der Waals surface area contributed by atoms with Crippen molar-refractivity contribution in [3.05, 3.63) is 52.5 Å². The number of rotatable bonds is 3. The van der Waals surface area contributed by atoms with Gasteiger partial charge in [0.25, 0.3) is 0 Å². The molecular weight excluding hydrogens is 299 g/mol. The highest BCUT2D eigenvalue weighted by molar-refractivity contribution is 6.35. The Labute approximate surface area is 127 Å². The summed E-state index contributed by atoms with van der Waals surface area (Å²) in [5.74, 6) is -0.888. The van der Waals surface area contributed by atoms with Gasteiger partial charge in [-0.1, -0.05) is 29.3 Å². The molecule has 1 fully saturated rings. The van der Waals surface area contributed by atoms with E-state index in [1.54, 1.807) is 24.7 Å². The number of ether oxygens (including phenoxy) is 2. The van der Waals surface area contributed by atoms with Crippen LogP contribution in [-0.4, -0.2) is 22.8 Å². The van der Waals surface area contributed by atoms with Crippen LogP contribution in [0.4, 0.5) is 0 Å². The predicted molar refractivity (Wildman–Crippen MR) is 76.9 cm³/mol. The molecule has 0 spiro atoms. The summed E-state index contributed by atoms with van der Waals surface area (Å²) in [6, 6.07) is 5.35. The van der Waals surface area contributed by atoms with Crippen LogP contribution in [0, 0.1) is 0 Å². The van der Waals surface area contributed by atoms with E-state index in [-0.39, 0.29) is 0 Å².